The molecular formula is C21H24N3NaO9S4. The Morgan fingerprint density at radius 3 is 2.34 bits per heavy atom. The third-order valence-corrected chi connectivity index (χ3v) is 10.2. The molecule has 1 atom stereocenters. The molecule has 38 heavy (non-hydrogen) atoms. The van der Waals surface area contributed by atoms with Gasteiger partial charge in [-0.25, -0.2) is 26.4 Å². The van der Waals surface area contributed by atoms with Gasteiger partial charge in [0, 0.05) is 48.6 Å². The van der Waals surface area contributed by atoms with E-state index in [2.05, 4.69) is 9.56 Å². The van der Waals surface area contributed by atoms with Crippen molar-refractivity contribution in [2.24, 2.45) is 0 Å². The van der Waals surface area contributed by atoms with E-state index in [-0.39, 0.29) is 58.2 Å². The van der Waals surface area contributed by atoms with Gasteiger partial charge in [0.1, 0.15) is 15.4 Å². The van der Waals surface area contributed by atoms with E-state index in [0.29, 0.717) is 11.1 Å². The molecule has 1 fully saturated rings. The normalized spacial score (nSPS) is 16.0. The summed E-state index contributed by atoms with van der Waals surface area (Å²) in [6, 6.07) is 10.6. The zero-order valence-electron chi connectivity index (χ0n) is 20.8. The molecule has 202 valence electrons. The summed E-state index contributed by atoms with van der Waals surface area (Å²) in [5.41, 5.74) is 0.897. The number of carbonyl (C=O) groups excluding carboxylic acids is 3. The SMILES string of the molecule is CN(C)c1cccc2c(S(=O)(=O)NCCSSCCC(=O)ON3C(=O)CC(S(=O)(=O)[O-])C3=O)cccc12.[Na+]. The van der Waals surface area contributed by atoms with Crippen LogP contribution in [0.3, 0.4) is 0 Å². The Morgan fingerprint density at radius 2 is 1.71 bits per heavy atom. The Balaban J connectivity index is 0.00000507. The quantitative estimate of drug-likeness (QED) is 0.0928. The zero-order valence-corrected chi connectivity index (χ0v) is 26.0. The van der Waals surface area contributed by atoms with Crippen molar-refractivity contribution in [2.45, 2.75) is 23.0 Å². The van der Waals surface area contributed by atoms with E-state index in [9.17, 15) is 35.8 Å². The van der Waals surface area contributed by atoms with Crippen molar-refractivity contribution in [3.05, 3.63) is 36.4 Å². The molecule has 17 heteroatoms. The molecule has 1 unspecified atom stereocenters. The van der Waals surface area contributed by atoms with Crippen LogP contribution in [0, 0.1) is 0 Å². The van der Waals surface area contributed by atoms with Gasteiger partial charge in [-0.05, 0) is 12.1 Å². The van der Waals surface area contributed by atoms with Crippen LogP contribution in [0.5, 0.6) is 0 Å². The largest absolute Gasteiger partial charge is 1.00 e. The molecular weight excluding hydrogens is 590 g/mol. The van der Waals surface area contributed by atoms with Gasteiger partial charge in [-0.15, -0.1) is 5.06 Å². The fraction of sp³-hybridized carbons (Fsp3) is 0.381. The number of hydrogen-bond donors (Lipinski definition) is 1. The van der Waals surface area contributed by atoms with Crippen molar-refractivity contribution < 1.29 is 70.2 Å². The first-order valence-corrected chi connectivity index (χ1v) is 16.2. The fourth-order valence-electron chi connectivity index (χ4n) is 3.48. The number of sulfonamides is 1. The van der Waals surface area contributed by atoms with Crippen molar-refractivity contribution in [1.82, 2.24) is 9.79 Å². The van der Waals surface area contributed by atoms with Crippen LogP contribution in [-0.4, -0.2) is 81.6 Å². The minimum absolute atomic E-state index is 0. The number of anilines is 1. The van der Waals surface area contributed by atoms with Crippen LogP contribution >= 0.6 is 21.6 Å². The second-order valence-electron chi connectivity index (χ2n) is 7.99. The standard InChI is InChI=1S/C21H25N3O9S4.Na/c1-23(2)16-7-3-6-15-14(16)5-4-8-17(15)36(28,29)22-10-12-35-34-11-9-20(26)33-24-19(25)13-18(21(24)27)37(30,31)32;/h3-8,18,22H,9-13H2,1-2H3,(H,30,31,32);/q;+1/p-1. The molecule has 1 aliphatic heterocycles. The summed E-state index contributed by atoms with van der Waals surface area (Å²) >= 11 is 0. The van der Waals surface area contributed by atoms with Crippen LogP contribution < -0.4 is 39.2 Å². The molecule has 0 aromatic heterocycles. The van der Waals surface area contributed by atoms with Gasteiger partial charge in [0.2, 0.25) is 10.0 Å². The van der Waals surface area contributed by atoms with Crippen molar-refractivity contribution in [2.75, 3.05) is 37.0 Å². The first kappa shape index (κ1) is 32.8. The second-order valence-corrected chi connectivity index (χ2v) is 14.0. The van der Waals surface area contributed by atoms with E-state index in [4.69, 9.17) is 0 Å². The Morgan fingerprint density at radius 1 is 1.08 bits per heavy atom. The van der Waals surface area contributed by atoms with Gasteiger partial charge in [-0.2, -0.15) is 0 Å². The number of hydroxylamine groups is 2. The predicted molar refractivity (Wildman–Crippen MR) is 139 cm³/mol. The number of benzene rings is 2. The summed E-state index contributed by atoms with van der Waals surface area (Å²) in [6.07, 6.45) is -1.08. The summed E-state index contributed by atoms with van der Waals surface area (Å²) in [6.45, 7) is 0.135. The maximum absolute atomic E-state index is 12.9. The second kappa shape index (κ2) is 13.8. The van der Waals surface area contributed by atoms with Crippen molar-refractivity contribution in [3.63, 3.8) is 0 Å². The number of fused-ring (bicyclic) bond motifs is 1. The summed E-state index contributed by atoms with van der Waals surface area (Å²) in [7, 11) is -2.52. The Kier molecular flexibility index (Phi) is 11.9. The van der Waals surface area contributed by atoms with E-state index < -0.39 is 49.6 Å². The molecule has 1 saturated heterocycles. The molecule has 2 amide bonds. The Labute approximate surface area is 250 Å². The predicted octanol–water partition coefficient (Wildman–Crippen LogP) is -1.91. The first-order valence-electron chi connectivity index (χ1n) is 10.8. The molecule has 0 saturated carbocycles. The Hall–Kier alpha value is -1.37. The van der Waals surface area contributed by atoms with Gasteiger partial charge in [0.05, 0.1) is 17.7 Å². The number of carbonyl (C=O) groups is 3. The third kappa shape index (κ3) is 8.08. The molecule has 1 N–H and O–H groups in total. The number of rotatable bonds is 12. The van der Waals surface area contributed by atoms with Crippen molar-refractivity contribution in [3.8, 4) is 0 Å². The monoisotopic (exact) mass is 613 g/mol. The number of nitrogens with one attached hydrogen (secondary N) is 1. The molecule has 0 aliphatic carbocycles. The van der Waals surface area contributed by atoms with Crippen LogP contribution in [0.1, 0.15) is 12.8 Å². The van der Waals surface area contributed by atoms with Crippen LogP contribution in [0.15, 0.2) is 41.3 Å². The van der Waals surface area contributed by atoms with E-state index in [1.165, 1.54) is 21.6 Å². The molecule has 1 aliphatic rings. The van der Waals surface area contributed by atoms with Crippen LogP contribution in [0.2, 0.25) is 0 Å². The minimum Gasteiger partial charge on any atom is -0.747 e. The van der Waals surface area contributed by atoms with Gasteiger partial charge in [-0.3, -0.25) is 9.59 Å². The average Bonchev–Trinajstić information content (AvgIpc) is 3.11. The molecule has 2 aromatic rings. The summed E-state index contributed by atoms with van der Waals surface area (Å²) in [5.74, 6) is -2.81. The zero-order chi connectivity index (χ0) is 27.4. The van der Waals surface area contributed by atoms with E-state index in [1.807, 2.05) is 31.1 Å². The first-order chi connectivity index (χ1) is 17.3. The van der Waals surface area contributed by atoms with Gasteiger partial charge >= 0.3 is 35.5 Å². The minimum atomic E-state index is -5.04. The van der Waals surface area contributed by atoms with Gasteiger partial charge in [0.15, 0.2) is 0 Å². The van der Waals surface area contributed by atoms with Gasteiger partial charge in [-0.1, -0.05) is 45.9 Å². The van der Waals surface area contributed by atoms with Crippen LogP contribution in [-0.2, 0) is 39.4 Å². The average molecular weight is 614 g/mol. The van der Waals surface area contributed by atoms with Crippen LogP contribution in [0.4, 0.5) is 5.69 Å². The molecule has 1 heterocycles. The summed E-state index contributed by atoms with van der Waals surface area (Å²) in [5, 5.41) is -0.653. The number of hydrogen-bond acceptors (Lipinski definition) is 12. The third-order valence-electron chi connectivity index (χ3n) is 5.18. The Bertz CT molecular complexity index is 1420. The molecule has 3 rings (SSSR count). The molecule has 0 spiro atoms. The van der Waals surface area contributed by atoms with E-state index >= 15 is 0 Å². The maximum atomic E-state index is 12.9. The maximum Gasteiger partial charge on any atom is 1.00 e. The number of amides is 2. The summed E-state index contributed by atoms with van der Waals surface area (Å²) < 4.78 is 61.4. The van der Waals surface area contributed by atoms with Gasteiger partial charge < -0.3 is 14.3 Å². The number of imide groups is 1. The summed E-state index contributed by atoms with van der Waals surface area (Å²) in [4.78, 5) is 42.1. The van der Waals surface area contributed by atoms with Crippen molar-refractivity contribution >= 4 is 76.0 Å². The van der Waals surface area contributed by atoms with Crippen LogP contribution in [0.25, 0.3) is 10.8 Å². The molecule has 0 radical (unpaired) electrons. The number of nitrogens with zero attached hydrogens (tertiary/aromatic N) is 2. The molecule has 2 aromatic carbocycles. The van der Waals surface area contributed by atoms with E-state index in [0.717, 1.165) is 11.1 Å². The molecule has 0 bridgehead atoms. The van der Waals surface area contributed by atoms with E-state index in [1.54, 1.807) is 24.3 Å². The smallest absolute Gasteiger partial charge is 0.747 e. The van der Waals surface area contributed by atoms with Crippen molar-refractivity contribution in [1.29, 1.82) is 0 Å². The fourth-order valence-corrected chi connectivity index (χ4v) is 7.43. The topological polar surface area (TPSA) is 170 Å². The molecule has 12 nitrogen and oxygen atoms in total. The van der Waals surface area contributed by atoms with Gasteiger partial charge in [0.25, 0.3) is 11.8 Å².